The molecule has 1 aliphatic carbocycles. The summed E-state index contributed by atoms with van der Waals surface area (Å²) >= 11 is 0. The van der Waals surface area contributed by atoms with Crippen LogP contribution in [-0.2, 0) is 11.2 Å². The molecule has 0 bridgehead atoms. The summed E-state index contributed by atoms with van der Waals surface area (Å²) in [7, 11) is 0. The molecule has 0 atom stereocenters. The van der Waals surface area contributed by atoms with Gasteiger partial charge >= 0.3 is 5.97 Å². The molecule has 80 valence electrons. The van der Waals surface area contributed by atoms with Gasteiger partial charge in [0.2, 0.25) is 0 Å². The Hall–Kier alpha value is -1.31. The van der Waals surface area contributed by atoms with Crippen molar-refractivity contribution in [3.8, 4) is 0 Å². The summed E-state index contributed by atoms with van der Waals surface area (Å²) < 4.78 is 0. The first-order chi connectivity index (χ1) is 7.27. The van der Waals surface area contributed by atoms with Gasteiger partial charge in [-0.3, -0.25) is 4.79 Å². The Morgan fingerprint density at radius 1 is 1.33 bits per heavy atom. The van der Waals surface area contributed by atoms with Crippen molar-refractivity contribution in [2.75, 3.05) is 0 Å². The van der Waals surface area contributed by atoms with E-state index in [4.69, 9.17) is 5.11 Å². The summed E-state index contributed by atoms with van der Waals surface area (Å²) in [5, 5.41) is 8.68. The molecule has 0 unspecified atom stereocenters. The number of hydrogen-bond donors (Lipinski definition) is 1. The molecule has 1 aromatic carbocycles. The van der Waals surface area contributed by atoms with E-state index < -0.39 is 5.97 Å². The number of carboxylic acid groups (broad SMARTS) is 1. The van der Waals surface area contributed by atoms with Crippen molar-refractivity contribution in [2.24, 2.45) is 0 Å². The van der Waals surface area contributed by atoms with Gasteiger partial charge in [0.05, 0.1) is 0 Å². The molecular weight excluding hydrogens is 188 g/mol. The lowest BCUT2D eigenvalue weighted by Gasteiger charge is -2.27. The van der Waals surface area contributed by atoms with Gasteiger partial charge in [-0.05, 0) is 36.3 Å². The molecule has 2 heteroatoms. The van der Waals surface area contributed by atoms with E-state index in [9.17, 15) is 4.79 Å². The third-order valence-electron chi connectivity index (χ3n) is 3.21. The zero-order valence-electron chi connectivity index (χ0n) is 8.78. The van der Waals surface area contributed by atoms with E-state index in [1.807, 2.05) is 6.07 Å². The van der Waals surface area contributed by atoms with Crippen LogP contribution in [0.5, 0.6) is 0 Å². The molecule has 0 heterocycles. The molecule has 0 radical (unpaired) electrons. The highest BCUT2D eigenvalue weighted by atomic mass is 16.4. The lowest BCUT2D eigenvalue weighted by Crippen LogP contribution is -2.11. The number of aliphatic carboxylic acids is 1. The molecule has 0 amide bonds. The average Bonchev–Trinajstić information content (AvgIpc) is 2.14. The minimum absolute atomic E-state index is 0.240. The Morgan fingerprint density at radius 3 is 2.67 bits per heavy atom. The predicted molar refractivity (Wildman–Crippen MR) is 59.0 cm³/mol. The van der Waals surface area contributed by atoms with Gasteiger partial charge < -0.3 is 5.11 Å². The maximum absolute atomic E-state index is 10.5. The number of hydrogen-bond acceptors (Lipinski definition) is 1. The highest BCUT2D eigenvalue weighted by Crippen LogP contribution is 2.38. The van der Waals surface area contributed by atoms with E-state index in [1.165, 1.54) is 30.4 Å². The van der Waals surface area contributed by atoms with Crippen LogP contribution in [0.15, 0.2) is 24.3 Å². The molecule has 15 heavy (non-hydrogen) atoms. The summed E-state index contributed by atoms with van der Waals surface area (Å²) in [4.78, 5) is 10.5. The first-order valence-electron chi connectivity index (χ1n) is 5.57. The molecule has 1 aliphatic rings. The summed E-state index contributed by atoms with van der Waals surface area (Å²) in [6, 6.07) is 8.27. The Kier molecular flexibility index (Phi) is 3.05. The maximum atomic E-state index is 10.5. The topological polar surface area (TPSA) is 37.3 Å². The molecule has 0 aliphatic heterocycles. The van der Waals surface area contributed by atoms with E-state index in [0.29, 0.717) is 12.3 Å². The normalized spacial score (nSPS) is 16.0. The van der Waals surface area contributed by atoms with Gasteiger partial charge in [-0.2, -0.15) is 0 Å². The van der Waals surface area contributed by atoms with Crippen molar-refractivity contribution in [1.82, 2.24) is 0 Å². The van der Waals surface area contributed by atoms with E-state index in [0.717, 1.165) is 0 Å². The fourth-order valence-corrected chi connectivity index (χ4v) is 2.12. The predicted octanol–water partition coefficient (Wildman–Crippen LogP) is 2.97. The molecule has 1 aromatic rings. The monoisotopic (exact) mass is 204 g/mol. The minimum Gasteiger partial charge on any atom is -0.481 e. The second-order valence-electron chi connectivity index (χ2n) is 4.22. The van der Waals surface area contributed by atoms with Gasteiger partial charge in [-0.15, -0.1) is 0 Å². The molecular formula is C13H16O2. The molecule has 1 saturated carbocycles. The van der Waals surface area contributed by atoms with Crippen LogP contribution in [-0.4, -0.2) is 11.1 Å². The molecule has 2 rings (SSSR count). The van der Waals surface area contributed by atoms with Gasteiger partial charge in [-0.25, -0.2) is 0 Å². The van der Waals surface area contributed by atoms with Crippen molar-refractivity contribution < 1.29 is 9.90 Å². The van der Waals surface area contributed by atoms with E-state index in [2.05, 4.69) is 18.2 Å². The summed E-state index contributed by atoms with van der Waals surface area (Å²) in [5.41, 5.74) is 2.61. The Labute approximate surface area is 89.9 Å². The van der Waals surface area contributed by atoms with Gasteiger partial charge in [0.25, 0.3) is 0 Å². The molecule has 0 spiro atoms. The molecule has 1 fully saturated rings. The second kappa shape index (κ2) is 4.47. The van der Waals surface area contributed by atoms with Gasteiger partial charge in [-0.1, -0.05) is 30.7 Å². The Bertz CT molecular complexity index is 353. The summed E-state index contributed by atoms with van der Waals surface area (Å²) in [5.74, 6) is -0.0200. The SMILES string of the molecule is O=C(O)CCc1ccccc1C1CCC1. The lowest BCUT2D eigenvalue weighted by atomic mass is 9.77. The van der Waals surface area contributed by atoms with Crippen molar-refractivity contribution in [1.29, 1.82) is 0 Å². The van der Waals surface area contributed by atoms with Crippen LogP contribution in [0.2, 0.25) is 0 Å². The van der Waals surface area contributed by atoms with Crippen LogP contribution in [0.3, 0.4) is 0 Å². The first kappa shape index (κ1) is 10.2. The average molecular weight is 204 g/mol. The van der Waals surface area contributed by atoms with Crippen LogP contribution >= 0.6 is 0 Å². The van der Waals surface area contributed by atoms with Crippen molar-refractivity contribution in [3.05, 3.63) is 35.4 Å². The van der Waals surface area contributed by atoms with Crippen LogP contribution in [0.25, 0.3) is 0 Å². The van der Waals surface area contributed by atoms with Crippen molar-refractivity contribution in [2.45, 2.75) is 38.0 Å². The van der Waals surface area contributed by atoms with Gasteiger partial charge in [0.15, 0.2) is 0 Å². The van der Waals surface area contributed by atoms with Crippen LogP contribution < -0.4 is 0 Å². The van der Waals surface area contributed by atoms with Crippen molar-refractivity contribution in [3.63, 3.8) is 0 Å². The third-order valence-corrected chi connectivity index (χ3v) is 3.21. The molecule has 2 nitrogen and oxygen atoms in total. The van der Waals surface area contributed by atoms with Crippen molar-refractivity contribution >= 4 is 5.97 Å². The van der Waals surface area contributed by atoms with E-state index >= 15 is 0 Å². The third kappa shape index (κ3) is 2.38. The van der Waals surface area contributed by atoms with Gasteiger partial charge in [0, 0.05) is 6.42 Å². The molecule has 0 aromatic heterocycles. The highest BCUT2D eigenvalue weighted by molar-refractivity contribution is 5.67. The minimum atomic E-state index is -0.710. The van der Waals surface area contributed by atoms with E-state index in [1.54, 1.807) is 0 Å². The number of rotatable bonds is 4. The number of carboxylic acids is 1. The van der Waals surface area contributed by atoms with Crippen LogP contribution in [0.1, 0.15) is 42.7 Å². The van der Waals surface area contributed by atoms with Crippen LogP contribution in [0, 0.1) is 0 Å². The van der Waals surface area contributed by atoms with Gasteiger partial charge in [0.1, 0.15) is 0 Å². The largest absolute Gasteiger partial charge is 0.481 e. The number of benzene rings is 1. The number of aryl methyl sites for hydroxylation is 1. The highest BCUT2D eigenvalue weighted by Gasteiger charge is 2.21. The first-order valence-corrected chi connectivity index (χ1v) is 5.57. The van der Waals surface area contributed by atoms with E-state index in [-0.39, 0.29) is 6.42 Å². The molecule has 1 N–H and O–H groups in total. The quantitative estimate of drug-likeness (QED) is 0.818. The zero-order valence-corrected chi connectivity index (χ0v) is 8.78. The maximum Gasteiger partial charge on any atom is 0.303 e. The summed E-state index contributed by atoms with van der Waals surface area (Å²) in [6.07, 6.45) is 4.76. The fourth-order valence-electron chi connectivity index (χ4n) is 2.12. The second-order valence-corrected chi connectivity index (χ2v) is 4.22. The lowest BCUT2D eigenvalue weighted by molar-refractivity contribution is -0.136. The zero-order chi connectivity index (χ0) is 10.7. The standard InChI is InChI=1S/C13H16O2/c14-13(15)9-8-11-4-1-2-7-12(11)10-5-3-6-10/h1-2,4,7,10H,3,5-6,8-9H2,(H,14,15). The Balaban J connectivity index is 2.10. The molecule has 0 saturated heterocycles. The van der Waals surface area contributed by atoms with Crippen LogP contribution in [0.4, 0.5) is 0 Å². The fraction of sp³-hybridized carbons (Fsp3) is 0.462. The number of carbonyl (C=O) groups is 1. The smallest absolute Gasteiger partial charge is 0.303 e. The summed E-state index contributed by atoms with van der Waals surface area (Å²) in [6.45, 7) is 0. The Morgan fingerprint density at radius 2 is 2.07 bits per heavy atom.